The standard InChI is InChI=1S/C22H25N3O2/c1-24-19-10-6-5-9-18(19)22(21(24)27,13-16-7-3-2-4-8-16)12-11-20(26)25-14-17(23)15-25/h2-10,17H,11-15,23H2,1H3. The van der Waals surface area contributed by atoms with Gasteiger partial charge in [-0.3, -0.25) is 9.59 Å². The number of carbonyl (C=O) groups excluding carboxylic acids is 2. The van der Waals surface area contributed by atoms with Crippen molar-refractivity contribution >= 4 is 17.5 Å². The molecule has 1 atom stereocenters. The van der Waals surface area contributed by atoms with Gasteiger partial charge in [0.15, 0.2) is 0 Å². The molecule has 2 aliphatic rings. The number of benzene rings is 2. The van der Waals surface area contributed by atoms with Crippen molar-refractivity contribution in [1.29, 1.82) is 0 Å². The Kier molecular flexibility index (Phi) is 4.48. The highest BCUT2D eigenvalue weighted by molar-refractivity contribution is 6.08. The Morgan fingerprint density at radius 1 is 1.11 bits per heavy atom. The monoisotopic (exact) mass is 363 g/mol. The van der Waals surface area contributed by atoms with Crippen molar-refractivity contribution in [3.05, 3.63) is 65.7 Å². The third kappa shape index (κ3) is 3.02. The van der Waals surface area contributed by atoms with E-state index in [1.54, 1.807) is 9.80 Å². The average molecular weight is 363 g/mol. The van der Waals surface area contributed by atoms with Gasteiger partial charge < -0.3 is 15.5 Å². The molecule has 1 saturated heterocycles. The van der Waals surface area contributed by atoms with Gasteiger partial charge in [0.2, 0.25) is 11.8 Å². The van der Waals surface area contributed by atoms with Crippen molar-refractivity contribution in [2.75, 3.05) is 25.0 Å². The van der Waals surface area contributed by atoms with Crippen molar-refractivity contribution in [2.45, 2.75) is 30.7 Å². The zero-order valence-electron chi connectivity index (χ0n) is 15.6. The Morgan fingerprint density at radius 2 is 1.78 bits per heavy atom. The maximum atomic E-state index is 13.4. The van der Waals surface area contributed by atoms with Crippen LogP contribution in [0.2, 0.25) is 0 Å². The molecular formula is C22H25N3O2. The van der Waals surface area contributed by atoms with Crippen LogP contribution in [0.1, 0.15) is 24.0 Å². The van der Waals surface area contributed by atoms with Crippen LogP contribution < -0.4 is 10.6 Å². The maximum absolute atomic E-state index is 13.4. The molecule has 0 bridgehead atoms. The summed E-state index contributed by atoms with van der Waals surface area (Å²) >= 11 is 0. The number of nitrogens with zero attached hydrogens (tertiary/aromatic N) is 2. The molecule has 2 aromatic rings. The van der Waals surface area contributed by atoms with Crippen LogP contribution in [-0.2, 0) is 21.4 Å². The number of carbonyl (C=O) groups is 2. The number of para-hydroxylation sites is 1. The van der Waals surface area contributed by atoms with Gasteiger partial charge in [-0.2, -0.15) is 0 Å². The molecule has 140 valence electrons. The molecule has 0 radical (unpaired) electrons. The summed E-state index contributed by atoms with van der Waals surface area (Å²) in [6.45, 7) is 1.24. The van der Waals surface area contributed by atoms with Gasteiger partial charge in [-0.1, -0.05) is 48.5 Å². The van der Waals surface area contributed by atoms with E-state index in [-0.39, 0.29) is 17.9 Å². The summed E-state index contributed by atoms with van der Waals surface area (Å²) in [5.41, 5.74) is 8.17. The predicted molar refractivity (Wildman–Crippen MR) is 105 cm³/mol. The van der Waals surface area contributed by atoms with Gasteiger partial charge >= 0.3 is 0 Å². The minimum atomic E-state index is -0.699. The second-order valence-corrected chi connectivity index (χ2v) is 7.68. The molecule has 1 unspecified atom stereocenters. The Hall–Kier alpha value is -2.66. The molecule has 1 fully saturated rings. The van der Waals surface area contributed by atoms with Gasteiger partial charge in [0.05, 0.1) is 5.41 Å². The lowest BCUT2D eigenvalue weighted by Crippen LogP contribution is -2.58. The predicted octanol–water partition coefficient (Wildman–Crippen LogP) is 2.09. The summed E-state index contributed by atoms with van der Waals surface area (Å²) in [5, 5.41) is 0. The lowest BCUT2D eigenvalue weighted by molar-refractivity contribution is -0.136. The third-order valence-corrected chi connectivity index (χ3v) is 5.87. The smallest absolute Gasteiger partial charge is 0.237 e. The van der Waals surface area contributed by atoms with Crippen molar-refractivity contribution in [1.82, 2.24) is 4.90 Å². The zero-order chi connectivity index (χ0) is 19.0. The molecule has 5 nitrogen and oxygen atoms in total. The van der Waals surface area contributed by atoms with Gasteiger partial charge in [-0.05, 0) is 30.0 Å². The van der Waals surface area contributed by atoms with Gasteiger partial charge in [0.1, 0.15) is 0 Å². The molecule has 27 heavy (non-hydrogen) atoms. The van der Waals surface area contributed by atoms with Gasteiger partial charge in [0, 0.05) is 38.3 Å². The topological polar surface area (TPSA) is 66.6 Å². The largest absolute Gasteiger partial charge is 0.339 e. The van der Waals surface area contributed by atoms with Crippen LogP contribution >= 0.6 is 0 Å². The minimum Gasteiger partial charge on any atom is -0.339 e. The van der Waals surface area contributed by atoms with E-state index in [9.17, 15) is 9.59 Å². The molecule has 2 N–H and O–H groups in total. The van der Waals surface area contributed by atoms with Crippen LogP contribution in [-0.4, -0.2) is 42.9 Å². The van der Waals surface area contributed by atoms with Crippen LogP contribution in [0.5, 0.6) is 0 Å². The number of nitrogens with two attached hydrogens (primary N) is 1. The number of amides is 2. The number of anilines is 1. The van der Waals surface area contributed by atoms with Crippen LogP contribution in [0.3, 0.4) is 0 Å². The highest BCUT2D eigenvalue weighted by Gasteiger charge is 2.49. The second kappa shape index (κ2) is 6.82. The quantitative estimate of drug-likeness (QED) is 0.885. The van der Waals surface area contributed by atoms with E-state index in [0.717, 1.165) is 16.8 Å². The third-order valence-electron chi connectivity index (χ3n) is 5.87. The molecule has 2 aromatic carbocycles. The first-order valence-corrected chi connectivity index (χ1v) is 9.46. The van der Waals surface area contributed by atoms with Gasteiger partial charge in [-0.15, -0.1) is 0 Å². The van der Waals surface area contributed by atoms with E-state index in [0.29, 0.717) is 32.4 Å². The molecule has 4 rings (SSSR count). The van der Waals surface area contributed by atoms with E-state index in [1.807, 2.05) is 61.6 Å². The highest BCUT2D eigenvalue weighted by Crippen LogP contribution is 2.46. The summed E-state index contributed by atoms with van der Waals surface area (Å²) in [6.07, 6.45) is 1.46. The van der Waals surface area contributed by atoms with Crippen LogP contribution in [0.25, 0.3) is 0 Å². The van der Waals surface area contributed by atoms with Crippen molar-refractivity contribution in [3.8, 4) is 0 Å². The summed E-state index contributed by atoms with van der Waals surface area (Å²) < 4.78 is 0. The minimum absolute atomic E-state index is 0.0701. The fraction of sp³-hybridized carbons (Fsp3) is 0.364. The first-order valence-electron chi connectivity index (χ1n) is 9.46. The van der Waals surface area contributed by atoms with E-state index >= 15 is 0 Å². The fourth-order valence-corrected chi connectivity index (χ4v) is 4.36. The van der Waals surface area contributed by atoms with Crippen LogP contribution in [0.4, 0.5) is 5.69 Å². The van der Waals surface area contributed by atoms with E-state index in [1.165, 1.54) is 0 Å². The SMILES string of the molecule is CN1C(=O)C(CCC(=O)N2CC(N)C2)(Cc2ccccc2)c2ccccc21. The first-order chi connectivity index (χ1) is 13.0. The molecule has 0 spiro atoms. The Labute approximate surface area is 159 Å². The van der Waals surface area contributed by atoms with Crippen molar-refractivity contribution < 1.29 is 9.59 Å². The highest BCUT2D eigenvalue weighted by atomic mass is 16.2. The Balaban J connectivity index is 1.66. The first kappa shape index (κ1) is 17.7. The number of rotatable bonds is 5. The molecule has 2 heterocycles. The molecule has 0 aliphatic carbocycles. The lowest BCUT2D eigenvalue weighted by atomic mass is 9.73. The summed E-state index contributed by atoms with van der Waals surface area (Å²) in [4.78, 5) is 29.5. The normalized spacial score (nSPS) is 21.9. The van der Waals surface area contributed by atoms with Crippen molar-refractivity contribution in [3.63, 3.8) is 0 Å². The number of fused-ring (bicyclic) bond motifs is 1. The molecule has 0 aromatic heterocycles. The Bertz CT molecular complexity index is 861. The molecule has 0 saturated carbocycles. The summed E-state index contributed by atoms with van der Waals surface area (Å²) in [5.74, 6) is 0.157. The molecule has 5 heteroatoms. The van der Waals surface area contributed by atoms with Gasteiger partial charge in [0.25, 0.3) is 0 Å². The van der Waals surface area contributed by atoms with Crippen LogP contribution in [0, 0.1) is 0 Å². The summed E-state index contributed by atoms with van der Waals surface area (Å²) in [7, 11) is 1.82. The summed E-state index contributed by atoms with van der Waals surface area (Å²) in [6, 6.07) is 18.1. The molecular weight excluding hydrogens is 338 g/mol. The van der Waals surface area contributed by atoms with Crippen LogP contribution in [0.15, 0.2) is 54.6 Å². The maximum Gasteiger partial charge on any atom is 0.237 e. The molecule has 2 amide bonds. The second-order valence-electron chi connectivity index (χ2n) is 7.68. The number of hydrogen-bond donors (Lipinski definition) is 1. The average Bonchev–Trinajstić information content (AvgIpc) is 2.87. The van der Waals surface area contributed by atoms with E-state index < -0.39 is 5.41 Å². The number of hydrogen-bond acceptors (Lipinski definition) is 3. The number of likely N-dealkylation sites (N-methyl/N-ethyl adjacent to an activating group) is 1. The number of likely N-dealkylation sites (tertiary alicyclic amines) is 1. The lowest BCUT2D eigenvalue weighted by Gasteiger charge is -2.38. The van der Waals surface area contributed by atoms with E-state index in [2.05, 4.69) is 0 Å². The Morgan fingerprint density at radius 3 is 2.48 bits per heavy atom. The molecule has 2 aliphatic heterocycles. The van der Waals surface area contributed by atoms with E-state index in [4.69, 9.17) is 5.73 Å². The van der Waals surface area contributed by atoms with Gasteiger partial charge in [-0.25, -0.2) is 0 Å². The fourth-order valence-electron chi connectivity index (χ4n) is 4.36. The zero-order valence-corrected chi connectivity index (χ0v) is 15.6. The van der Waals surface area contributed by atoms with Crippen molar-refractivity contribution in [2.24, 2.45) is 5.73 Å².